The monoisotopic (exact) mass is 270 g/mol. The molecule has 1 atom stereocenters. The number of nitrogens with zero attached hydrogens (tertiary/aromatic N) is 2. The van der Waals surface area contributed by atoms with Crippen molar-refractivity contribution in [1.29, 1.82) is 0 Å². The van der Waals surface area contributed by atoms with Gasteiger partial charge in [-0.1, -0.05) is 11.3 Å². The molecule has 1 unspecified atom stereocenters. The topological polar surface area (TPSA) is 90.1 Å². The zero-order valence-electron chi connectivity index (χ0n) is 10.2. The molecule has 3 N–H and O–H groups in total. The van der Waals surface area contributed by atoms with Crippen molar-refractivity contribution in [2.24, 2.45) is 5.92 Å². The number of aromatic nitrogens is 2. The molecule has 1 aromatic heterocycles. The van der Waals surface area contributed by atoms with Crippen molar-refractivity contribution in [1.82, 2.24) is 15.5 Å². The number of hydrogen-bond donors (Lipinski definition) is 2. The third kappa shape index (κ3) is 4.23. The van der Waals surface area contributed by atoms with Gasteiger partial charge < -0.3 is 15.8 Å². The Hall–Kier alpha value is -1.21. The van der Waals surface area contributed by atoms with Gasteiger partial charge in [0.1, 0.15) is 5.01 Å². The SMILES string of the molecule is Nc1nnc(CCCNC(=O)CC2CCOC2)s1. The van der Waals surface area contributed by atoms with Crippen LogP contribution in [0.25, 0.3) is 0 Å². The Bertz CT molecular complexity index is 390. The van der Waals surface area contributed by atoms with E-state index in [-0.39, 0.29) is 5.91 Å². The van der Waals surface area contributed by atoms with E-state index in [1.807, 2.05) is 0 Å². The second-order valence-corrected chi connectivity index (χ2v) is 5.51. The number of carbonyl (C=O) groups excluding carboxylic acids is 1. The summed E-state index contributed by atoms with van der Waals surface area (Å²) in [5, 5.41) is 12.0. The van der Waals surface area contributed by atoms with Crippen LogP contribution in [-0.4, -0.2) is 35.9 Å². The smallest absolute Gasteiger partial charge is 0.220 e. The number of amides is 1. The van der Waals surface area contributed by atoms with Crippen molar-refractivity contribution < 1.29 is 9.53 Å². The van der Waals surface area contributed by atoms with Crippen LogP contribution in [-0.2, 0) is 16.0 Å². The average Bonchev–Trinajstić information content (AvgIpc) is 2.96. The average molecular weight is 270 g/mol. The van der Waals surface area contributed by atoms with E-state index in [4.69, 9.17) is 10.5 Å². The van der Waals surface area contributed by atoms with Crippen molar-refractivity contribution >= 4 is 22.4 Å². The van der Waals surface area contributed by atoms with Crippen LogP contribution in [0.3, 0.4) is 0 Å². The van der Waals surface area contributed by atoms with E-state index in [2.05, 4.69) is 15.5 Å². The van der Waals surface area contributed by atoms with Crippen LogP contribution in [0.1, 0.15) is 24.3 Å². The van der Waals surface area contributed by atoms with Crippen LogP contribution in [0.4, 0.5) is 5.13 Å². The Morgan fingerprint density at radius 3 is 3.11 bits per heavy atom. The molecule has 0 aliphatic carbocycles. The maximum absolute atomic E-state index is 11.6. The molecular formula is C11H18N4O2S. The summed E-state index contributed by atoms with van der Waals surface area (Å²) in [5.41, 5.74) is 5.49. The molecule has 0 radical (unpaired) electrons. The molecule has 1 aliphatic rings. The summed E-state index contributed by atoms with van der Waals surface area (Å²) in [6, 6.07) is 0. The van der Waals surface area contributed by atoms with E-state index in [0.29, 0.717) is 24.0 Å². The second kappa shape index (κ2) is 6.65. The first-order chi connectivity index (χ1) is 8.74. The lowest BCUT2D eigenvalue weighted by atomic mass is 10.1. The minimum atomic E-state index is 0.113. The lowest BCUT2D eigenvalue weighted by Crippen LogP contribution is -2.26. The summed E-state index contributed by atoms with van der Waals surface area (Å²) in [4.78, 5) is 11.6. The summed E-state index contributed by atoms with van der Waals surface area (Å²) in [6.07, 6.45) is 3.24. The molecule has 1 saturated heterocycles. The van der Waals surface area contributed by atoms with Crippen molar-refractivity contribution in [3.63, 3.8) is 0 Å². The maximum atomic E-state index is 11.6. The maximum Gasteiger partial charge on any atom is 0.220 e. The first kappa shape index (κ1) is 13.2. The quantitative estimate of drug-likeness (QED) is 0.739. The molecule has 0 bridgehead atoms. The van der Waals surface area contributed by atoms with E-state index >= 15 is 0 Å². The fourth-order valence-electron chi connectivity index (χ4n) is 1.91. The Labute approximate surface area is 110 Å². The van der Waals surface area contributed by atoms with E-state index in [1.165, 1.54) is 11.3 Å². The highest BCUT2D eigenvalue weighted by molar-refractivity contribution is 7.15. The van der Waals surface area contributed by atoms with Crippen LogP contribution in [0, 0.1) is 5.92 Å². The molecule has 0 spiro atoms. The highest BCUT2D eigenvalue weighted by atomic mass is 32.1. The van der Waals surface area contributed by atoms with Crippen LogP contribution in [0.2, 0.25) is 0 Å². The van der Waals surface area contributed by atoms with Gasteiger partial charge in [-0.2, -0.15) is 0 Å². The first-order valence-corrected chi connectivity index (χ1v) is 6.98. The van der Waals surface area contributed by atoms with Crippen molar-refractivity contribution in [3.05, 3.63) is 5.01 Å². The number of hydrogen-bond acceptors (Lipinski definition) is 6. The molecule has 2 rings (SSSR count). The van der Waals surface area contributed by atoms with Gasteiger partial charge in [-0.3, -0.25) is 4.79 Å². The zero-order chi connectivity index (χ0) is 12.8. The van der Waals surface area contributed by atoms with Crippen LogP contribution < -0.4 is 11.1 Å². The van der Waals surface area contributed by atoms with Crippen LogP contribution in [0.5, 0.6) is 0 Å². The molecule has 1 amide bonds. The minimum absolute atomic E-state index is 0.113. The Morgan fingerprint density at radius 2 is 2.44 bits per heavy atom. The van der Waals surface area contributed by atoms with Gasteiger partial charge in [-0.25, -0.2) is 0 Å². The summed E-state index contributed by atoms with van der Waals surface area (Å²) < 4.78 is 5.24. The number of nitrogens with two attached hydrogens (primary N) is 1. The predicted octanol–water partition coefficient (Wildman–Crippen LogP) is 0.596. The van der Waals surface area contributed by atoms with Crippen molar-refractivity contribution in [3.8, 4) is 0 Å². The number of rotatable bonds is 6. The summed E-state index contributed by atoms with van der Waals surface area (Å²) in [7, 11) is 0. The third-order valence-corrected chi connectivity index (χ3v) is 3.68. The van der Waals surface area contributed by atoms with Gasteiger partial charge in [0, 0.05) is 32.6 Å². The molecule has 0 aromatic carbocycles. The molecule has 2 heterocycles. The lowest BCUT2D eigenvalue weighted by Gasteiger charge is -2.07. The van der Waals surface area contributed by atoms with Gasteiger partial charge >= 0.3 is 0 Å². The molecule has 1 aromatic rings. The fraction of sp³-hybridized carbons (Fsp3) is 0.727. The molecule has 6 nitrogen and oxygen atoms in total. The fourth-order valence-corrected chi connectivity index (χ4v) is 2.56. The van der Waals surface area contributed by atoms with E-state index in [9.17, 15) is 4.79 Å². The minimum Gasteiger partial charge on any atom is -0.381 e. The molecule has 1 fully saturated rings. The Kier molecular flexibility index (Phi) is 4.89. The molecular weight excluding hydrogens is 252 g/mol. The van der Waals surface area contributed by atoms with Gasteiger partial charge in [-0.15, -0.1) is 10.2 Å². The van der Waals surface area contributed by atoms with Gasteiger partial charge in [0.2, 0.25) is 11.0 Å². The number of ether oxygens (including phenoxy) is 1. The highest BCUT2D eigenvalue weighted by Gasteiger charge is 2.18. The Morgan fingerprint density at radius 1 is 1.56 bits per heavy atom. The van der Waals surface area contributed by atoms with E-state index < -0.39 is 0 Å². The Balaban J connectivity index is 1.56. The van der Waals surface area contributed by atoms with Gasteiger partial charge in [0.25, 0.3) is 0 Å². The highest BCUT2D eigenvalue weighted by Crippen LogP contribution is 2.16. The van der Waals surface area contributed by atoms with Crippen molar-refractivity contribution in [2.45, 2.75) is 25.7 Å². The molecule has 18 heavy (non-hydrogen) atoms. The number of anilines is 1. The summed E-state index contributed by atoms with van der Waals surface area (Å²) >= 11 is 1.40. The summed E-state index contributed by atoms with van der Waals surface area (Å²) in [5.74, 6) is 0.509. The van der Waals surface area contributed by atoms with Crippen LogP contribution in [0.15, 0.2) is 0 Å². The normalized spacial score (nSPS) is 19.0. The first-order valence-electron chi connectivity index (χ1n) is 6.16. The number of nitrogens with one attached hydrogen (secondary N) is 1. The van der Waals surface area contributed by atoms with Crippen LogP contribution >= 0.6 is 11.3 Å². The van der Waals surface area contributed by atoms with Gasteiger partial charge in [0.05, 0.1) is 0 Å². The molecule has 1 aliphatic heterocycles. The molecule has 0 saturated carbocycles. The number of carbonyl (C=O) groups is 1. The van der Waals surface area contributed by atoms with E-state index in [0.717, 1.165) is 37.5 Å². The predicted molar refractivity (Wildman–Crippen MR) is 69.2 cm³/mol. The summed E-state index contributed by atoms with van der Waals surface area (Å²) in [6.45, 7) is 2.18. The van der Waals surface area contributed by atoms with E-state index in [1.54, 1.807) is 0 Å². The second-order valence-electron chi connectivity index (χ2n) is 4.42. The van der Waals surface area contributed by atoms with Gasteiger partial charge in [0.15, 0.2) is 0 Å². The molecule has 7 heteroatoms. The molecule has 100 valence electrons. The standard InChI is InChI=1S/C11H18N4O2S/c12-11-15-14-10(18-11)2-1-4-13-9(16)6-8-3-5-17-7-8/h8H,1-7H2,(H2,12,15)(H,13,16). The van der Waals surface area contributed by atoms with Gasteiger partial charge in [-0.05, 0) is 18.8 Å². The van der Waals surface area contributed by atoms with Crippen molar-refractivity contribution in [2.75, 3.05) is 25.5 Å². The number of aryl methyl sites for hydroxylation is 1. The largest absolute Gasteiger partial charge is 0.381 e. The zero-order valence-corrected chi connectivity index (χ0v) is 11.0. The lowest BCUT2D eigenvalue weighted by molar-refractivity contribution is -0.122. The third-order valence-electron chi connectivity index (χ3n) is 2.87. The number of nitrogen functional groups attached to an aromatic ring is 1.